The Morgan fingerprint density at radius 3 is 2.68 bits per heavy atom. The lowest BCUT2D eigenvalue weighted by atomic mass is 10.1. The van der Waals surface area contributed by atoms with Crippen LogP contribution < -0.4 is 10.1 Å². The highest BCUT2D eigenvalue weighted by Crippen LogP contribution is 2.29. The Morgan fingerprint density at radius 1 is 1.42 bits per heavy atom. The van der Waals surface area contributed by atoms with E-state index in [1.54, 1.807) is 12.1 Å². The first-order chi connectivity index (χ1) is 9.19. The average Bonchev–Trinajstić information content (AvgIpc) is 3.21. The molecule has 0 heterocycles. The summed E-state index contributed by atoms with van der Waals surface area (Å²) in [7, 11) is 0. The molecule has 1 aliphatic rings. The van der Waals surface area contributed by atoms with Gasteiger partial charge < -0.3 is 15.2 Å². The molecule has 1 aromatic carbocycles. The van der Waals surface area contributed by atoms with E-state index in [-0.39, 0.29) is 18.6 Å². The van der Waals surface area contributed by atoms with E-state index in [9.17, 15) is 4.79 Å². The molecular formula is C15H21NO3. The summed E-state index contributed by atoms with van der Waals surface area (Å²) in [5.74, 6) is 1.42. The van der Waals surface area contributed by atoms with Gasteiger partial charge >= 0.3 is 0 Å². The van der Waals surface area contributed by atoms with Crippen molar-refractivity contribution in [3.8, 4) is 5.75 Å². The van der Waals surface area contributed by atoms with Crippen molar-refractivity contribution in [2.45, 2.75) is 32.2 Å². The molecule has 0 radical (unpaired) electrons. The lowest BCUT2D eigenvalue weighted by Gasteiger charge is -2.12. The number of hydrogen-bond donors (Lipinski definition) is 2. The van der Waals surface area contributed by atoms with Crippen molar-refractivity contribution in [1.29, 1.82) is 0 Å². The van der Waals surface area contributed by atoms with E-state index >= 15 is 0 Å². The predicted molar refractivity (Wildman–Crippen MR) is 73.3 cm³/mol. The molecule has 1 aromatic rings. The van der Waals surface area contributed by atoms with Crippen LogP contribution in [-0.2, 0) is 0 Å². The number of aliphatic hydroxyl groups excluding tert-OH is 1. The predicted octanol–water partition coefficient (Wildman–Crippen LogP) is 1.98. The third-order valence-corrected chi connectivity index (χ3v) is 3.24. The van der Waals surface area contributed by atoms with Crippen LogP contribution >= 0.6 is 0 Å². The first kappa shape index (κ1) is 13.9. The zero-order chi connectivity index (χ0) is 13.7. The van der Waals surface area contributed by atoms with Crippen molar-refractivity contribution >= 4 is 5.91 Å². The maximum Gasteiger partial charge on any atom is 0.251 e. The average molecular weight is 263 g/mol. The zero-order valence-electron chi connectivity index (χ0n) is 11.3. The van der Waals surface area contributed by atoms with Crippen LogP contribution in [0.4, 0.5) is 0 Å². The van der Waals surface area contributed by atoms with E-state index in [1.807, 2.05) is 19.1 Å². The number of carbonyl (C=O) groups is 1. The van der Waals surface area contributed by atoms with Gasteiger partial charge in [-0.25, -0.2) is 0 Å². The van der Waals surface area contributed by atoms with Crippen LogP contribution in [-0.4, -0.2) is 30.3 Å². The number of aliphatic hydroxyl groups is 1. The number of amides is 1. The minimum Gasteiger partial charge on any atom is -0.493 e. The Balaban J connectivity index is 1.83. The number of nitrogens with one attached hydrogen (secondary N) is 1. The highest BCUT2D eigenvalue weighted by molar-refractivity contribution is 5.94. The molecule has 2 N–H and O–H groups in total. The van der Waals surface area contributed by atoms with Gasteiger partial charge in [-0.15, -0.1) is 0 Å². The van der Waals surface area contributed by atoms with Crippen LogP contribution in [0.1, 0.15) is 36.5 Å². The molecular weight excluding hydrogens is 242 g/mol. The van der Waals surface area contributed by atoms with Gasteiger partial charge in [0.1, 0.15) is 5.75 Å². The highest BCUT2D eigenvalue weighted by atomic mass is 16.5. The molecule has 1 fully saturated rings. The highest BCUT2D eigenvalue weighted by Gasteiger charge is 2.21. The molecule has 0 spiro atoms. The summed E-state index contributed by atoms with van der Waals surface area (Å²) in [6, 6.07) is 7.16. The van der Waals surface area contributed by atoms with Gasteiger partial charge in [0.2, 0.25) is 0 Å². The molecule has 0 saturated heterocycles. The molecule has 1 amide bonds. The van der Waals surface area contributed by atoms with Crippen molar-refractivity contribution in [1.82, 2.24) is 5.32 Å². The first-order valence-electron chi connectivity index (χ1n) is 6.83. The maximum absolute atomic E-state index is 11.9. The maximum atomic E-state index is 11.9. The largest absolute Gasteiger partial charge is 0.493 e. The normalized spacial score (nSPS) is 15.9. The summed E-state index contributed by atoms with van der Waals surface area (Å²) in [6.07, 6.45) is 3.10. The second-order valence-corrected chi connectivity index (χ2v) is 5.17. The molecule has 0 aromatic heterocycles. The number of ether oxygens (including phenoxy) is 1. The minimum absolute atomic E-state index is 0.0247. The van der Waals surface area contributed by atoms with E-state index in [0.717, 1.165) is 18.3 Å². The summed E-state index contributed by atoms with van der Waals surface area (Å²) in [4.78, 5) is 11.9. The number of hydrogen-bond acceptors (Lipinski definition) is 3. The van der Waals surface area contributed by atoms with Crippen LogP contribution in [0, 0.1) is 5.92 Å². The molecule has 2 rings (SSSR count). The van der Waals surface area contributed by atoms with Crippen LogP contribution in [0.25, 0.3) is 0 Å². The number of benzene rings is 1. The van der Waals surface area contributed by atoms with E-state index in [4.69, 9.17) is 9.84 Å². The standard InChI is InChI=1S/C15H21NO3/c1-11(8-9-17)16-15(18)13-4-6-14(7-5-13)19-10-12-2-3-12/h4-7,11-12,17H,2-3,8-10H2,1H3,(H,16,18). The molecule has 1 unspecified atom stereocenters. The Hall–Kier alpha value is -1.55. The van der Waals surface area contributed by atoms with Gasteiger partial charge in [-0.3, -0.25) is 4.79 Å². The molecule has 0 bridgehead atoms. The Morgan fingerprint density at radius 2 is 2.11 bits per heavy atom. The summed E-state index contributed by atoms with van der Waals surface area (Å²) in [5, 5.41) is 11.6. The SMILES string of the molecule is CC(CCO)NC(=O)c1ccc(OCC2CC2)cc1. The van der Waals surface area contributed by atoms with E-state index in [1.165, 1.54) is 12.8 Å². The lowest BCUT2D eigenvalue weighted by Crippen LogP contribution is -2.33. The van der Waals surface area contributed by atoms with E-state index in [0.29, 0.717) is 12.0 Å². The summed E-state index contributed by atoms with van der Waals surface area (Å²) in [6.45, 7) is 2.73. The Kier molecular flexibility index (Phi) is 4.80. The van der Waals surface area contributed by atoms with Crippen molar-refractivity contribution in [3.63, 3.8) is 0 Å². The monoisotopic (exact) mass is 263 g/mol. The number of rotatable bonds is 7. The van der Waals surface area contributed by atoms with Gasteiger partial charge in [0.05, 0.1) is 6.61 Å². The molecule has 1 aliphatic carbocycles. The van der Waals surface area contributed by atoms with Crippen LogP contribution in [0.2, 0.25) is 0 Å². The molecule has 104 valence electrons. The second-order valence-electron chi connectivity index (χ2n) is 5.17. The molecule has 1 saturated carbocycles. The third kappa shape index (κ3) is 4.56. The van der Waals surface area contributed by atoms with Crippen LogP contribution in [0.5, 0.6) is 5.75 Å². The second kappa shape index (κ2) is 6.57. The van der Waals surface area contributed by atoms with E-state index in [2.05, 4.69) is 5.32 Å². The van der Waals surface area contributed by atoms with Gasteiger partial charge in [0.15, 0.2) is 0 Å². The number of carbonyl (C=O) groups excluding carboxylic acids is 1. The van der Waals surface area contributed by atoms with Crippen molar-refractivity contribution in [3.05, 3.63) is 29.8 Å². The Bertz CT molecular complexity index is 412. The van der Waals surface area contributed by atoms with Gasteiger partial charge in [-0.1, -0.05) is 0 Å². The van der Waals surface area contributed by atoms with Gasteiger partial charge in [0.25, 0.3) is 5.91 Å². The van der Waals surface area contributed by atoms with Crippen LogP contribution in [0.15, 0.2) is 24.3 Å². The smallest absolute Gasteiger partial charge is 0.251 e. The fraction of sp³-hybridized carbons (Fsp3) is 0.533. The fourth-order valence-corrected chi connectivity index (χ4v) is 1.77. The molecule has 0 aliphatic heterocycles. The minimum atomic E-state index is -0.116. The quantitative estimate of drug-likeness (QED) is 0.791. The molecule has 4 nitrogen and oxygen atoms in total. The third-order valence-electron chi connectivity index (χ3n) is 3.24. The summed E-state index contributed by atoms with van der Waals surface area (Å²) < 4.78 is 5.62. The van der Waals surface area contributed by atoms with E-state index < -0.39 is 0 Å². The van der Waals surface area contributed by atoms with Crippen molar-refractivity contribution < 1.29 is 14.6 Å². The fourth-order valence-electron chi connectivity index (χ4n) is 1.77. The van der Waals surface area contributed by atoms with Crippen molar-refractivity contribution in [2.75, 3.05) is 13.2 Å². The molecule has 1 atom stereocenters. The van der Waals surface area contributed by atoms with Gasteiger partial charge in [-0.05, 0) is 56.4 Å². The Labute approximate surface area is 113 Å². The molecule has 19 heavy (non-hydrogen) atoms. The summed E-state index contributed by atoms with van der Waals surface area (Å²) >= 11 is 0. The van der Waals surface area contributed by atoms with Gasteiger partial charge in [-0.2, -0.15) is 0 Å². The lowest BCUT2D eigenvalue weighted by molar-refractivity contribution is 0.0934. The topological polar surface area (TPSA) is 58.6 Å². The summed E-state index contributed by atoms with van der Waals surface area (Å²) in [5.41, 5.74) is 0.614. The van der Waals surface area contributed by atoms with Crippen molar-refractivity contribution in [2.24, 2.45) is 5.92 Å². The van der Waals surface area contributed by atoms with Gasteiger partial charge in [0, 0.05) is 18.2 Å². The van der Waals surface area contributed by atoms with Crippen LogP contribution in [0.3, 0.4) is 0 Å². The zero-order valence-corrected chi connectivity index (χ0v) is 11.3. The first-order valence-corrected chi connectivity index (χ1v) is 6.83. The molecule has 4 heteroatoms.